The quantitative estimate of drug-likeness (QED) is 0.829. The largest absolute Gasteiger partial charge is 0.352 e. The molecule has 0 aromatic heterocycles. The maximum absolute atomic E-state index is 11.9. The van der Waals surface area contributed by atoms with Gasteiger partial charge < -0.3 is 5.32 Å². The molecule has 2 aromatic rings. The van der Waals surface area contributed by atoms with Gasteiger partial charge in [-0.05, 0) is 17.2 Å². The molecular formula is C19H21NO. The highest BCUT2D eigenvalue weighted by molar-refractivity contribution is 5.91. The van der Waals surface area contributed by atoms with Crippen LogP contribution in [-0.2, 0) is 10.2 Å². The van der Waals surface area contributed by atoms with E-state index in [4.69, 9.17) is 0 Å². The molecule has 2 rings (SSSR count). The van der Waals surface area contributed by atoms with E-state index in [9.17, 15) is 4.79 Å². The zero-order valence-electron chi connectivity index (χ0n) is 12.5. The van der Waals surface area contributed by atoms with Crippen LogP contribution in [0.15, 0.2) is 66.7 Å². The summed E-state index contributed by atoms with van der Waals surface area (Å²) in [6.07, 6.45) is 3.40. The summed E-state index contributed by atoms with van der Waals surface area (Å²) in [6.45, 7) is 4.86. The molecule has 0 radical (unpaired) electrons. The minimum Gasteiger partial charge on any atom is -0.352 e. The second kappa shape index (κ2) is 6.89. The van der Waals surface area contributed by atoms with E-state index in [1.807, 2.05) is 54.6 Å². The first-order valence-electron chi connectivity index (χ1n) is 7.14. The van der Waals surface area contributed by atoms with Crippen molar-refractivity contribution in [2.75, 3.05) is 6.54 Å². The lowest BCUT2D eigenvalue weighted by atomic mass is 9.84. The van der Waals surface area contributed by atoms with Gasteiger partial charge >= 0.3 is 0 Å². The summed E-state index contributed by atoms with van der Waals surface area (Å²) in [5, 5.41) is 2.97. The molecule has 0 heterocycles. The predicted octanol–water partition coefficient (Wildman–Crippen LogP) is 3.79. The Hall–Kier alpha value is -2.35. The molecule has 0 saturated heterocycles. The van der Waals surface area contributed by atoms with Crippen molar-refractivity contribution in [2.24, 2.45) is 0 Å². The Balaban J connectivity index is 1.91. The molecule has 2 heteroatoms. The van der Waals surface area contributed by atoms with E-state index in [0.29, 0.717) is 6.54 Å². The Bertz CT molecular complexity index is 600. The molecule has 0 bridgehead atoms. The van der Waals surface area contributed by atoms with Gasteiger partial charge in [-0.2, -0.15) is 0 Å². The normalized spacial score (nSPS) is 11.5. The van der Waals surface area contributed by atoms with Crippen molar-refractivity contribution >= 4 is 12.0 Å². The molecule has 1 N–H and O–H groups in total. The third-order valence-electron chi connectivity index (χ3n) is 3.49. The zero-order chi connectivity index (χ0) is 15.1. The fraction of sp³-hybridized carbons (Fsp3) is 0.211. The topological polar surface area (TPSA) is 29.1 Å². The summed E-state index contributed by atoms with van der Waals surface area (Å²) in [5.41, 5.74) is 2.16. The van der Waals surface area contributed by atoms with Gasteiger partial charge in [-0.1, -0.05) is 74.5 Å². The summed E-state index contributed by atoms with van der Waals surface area (Å²) in [5.74, 6) is -0.0668. The van der Waals surface area contributed by atoms with Crippen LogP contribution in [-0.4, -0.2) is 12.5 Å². The van der Waals surface area contributed by atoms with Crippen molar-refractivity contribution in [1.82, 2.24) is 5.32 Å². The maximum atomic E-state index is 11.9. The molecule has 0 aliphatic rings. The summed E-state index contributed by atoms with van der Waals surface area (Å²) in [6, 6.07) is 20.0. The lowest BCUT2D eigenvalue weighted by Gasteiger charge is -2.25. The molecular weight excluding hydrogens is 258 g/mol. The van der Waals surface area contributed by atoms with Gasteiger partial charge in [-0.15, -0.1) is 0 Å². The van der Waals surface area contributed by atoms with Crippen LogP contribution in [0.1, 0.15) is 25.0 Å². The van der Waals surface area contributed by atoms with Gasteiger partial charge in [0.15, 0.2) is 0 Å². The minimum atomic E-state index is -0.0858. The SMILES string of the molecule is CC(C)(CNC(=O)/C=C/c1ccccc1)c1ccccc1. The van der Waals surface area contributed by atoms with E-state index in [1.165, 1.54) is 5.56 Å². The highest BCUT2D eigenvalue weighted by Crippen LogP contribution is 2.21. The Morgan fingerprint density at radius 3 is 2.19 bits per heavy atom. The van der Waals surface area contributed by atoms with E-state index >= 15 is 0 Å². The number of nitrogens with one attached hydrogen (secondary N) is 1. The van der Waals surface area contributed by atoms with Gasteiger partial charge in [-0.25, -0.2) is 0 Å². The van der Waals surface area contributed by atoms with Crippen molar-refractivity contribution in [2.45, 2.75) is 19.3 Å². The predicted molar refractivity (Wildman–Crippen MR) is 88.0 cm³/mol. The molecule has 108 valence electrons. The van der Waals surface area contributed by atoms with Gasteiger partial charge in [0.25, 0.3) is 0 Å². The van der Waals surface area contributed by atoms with Crippen LogP contribution < -0.4 is 5.32 Å². The first kappa shape index (κ1) is 15.0. The minimum absolute atomic E-state index is 0.0668. The molecule has 21 heavy (non-hydrogen) atoms. The third kappa shape index (κ3) is 4.60. The summed E-state index contributed by atoms with van der Waals surface area (Å²) >= 11 is 0. The van der Waals surface area contributed by atoms with Gasteiger partial charge in [0.1, 0.15) is 0 Å². The molecule has 1 amide bonds. The van der Waals surface area contributed by atoms with Crippen LogP contribution in [0, 0.1) is 0 Å². The molecule has 0 unspecified atom stereocenters. The Morgan fingerprint density at radius 1 is 1.00 bits per heavy atom. The lowest BCUT2D eigenvalue weighted by molar-refractivity contribution is -0.116. The first-order chi connectivity index (χ1) is 10.1. The monoisotopic (exact) mass is 279 g/mol. The van der Waals surface area contributed by atoms with Crippen molar-refractivity contribution in [3.05, 3.63) is 77.9 Å². The van der Waals surface area contributed by atoms with Crippen LogP contribution in [0.5, 0.6) is 0 Å². The van der Waals surface area contributed by atoms with E-state index in [1.54, 1.807) is 6.08 Å². The zero-order valence-corrected chi connectivity index (χ0v) is 12.5. The van der Waals surface area contributed by atoms with E-state index in [0.717, 1.165) is 5.56 Å². The summed E-state index contributed by atoms with van der Waals surface area (Å²) < 4.78 is 0. The van der Waals surface area contributed by atoms with Crippen LogP contribution in [0.4, 0.5) is 0 Å². The molecule has 0 aliphatic heterocycles. The second-order valence-corrected chi connectivity index (χ2v) is 5.71. The summed E-state index contributed by atoms with van der Waals surface area (Å²) in [7, 11) is 0. The molecule has 0 fully saturated rings. The summed E-state index contributed by atoms with van der Waals surface area (Å²) in [4.78, 5) is 11.9. The Morgan fingerprint density at radius 2 is 1.57 bits per heavy atom. The fourth-order valence-electron chi connectivity index (χ4n) is 2.09. The highest BCUT2D eigenvalue weighted by Gasteiger charge is 2.20. The van der Waals surface area contributed by atoms with Gasteiger partial charge in [0.05, 0.1) is 0 Å². The molecule has 2 aromatic carbocycles. The van der Waals surface area contributed by atoms with E-state index in [-0.39, 0.29) is 11.3 Å². The number of rotatable bonds is 5. The van der Waals surface area contributed by atoms with Crippen LogP contribution in [0.25, 0.3) is 6.08 Å². The number of amides is 1. The van der Waals surface area contributed by atoms with Crippen molar-refractivity contribution < 1.29 is 4.79 Å². The Labute approximate surface area is 126 Å². The van der Waals surface area contributed by atoms with Crippen LogP contribution in [0.3, 0.4) is 0 Å². The van der Waals surface area contributed by atoms with E-state index < -0.39 is 0 Å². The highest BCUT2D eigenvalue weighted by atomic mass is 16.1. The molecule has 0 aliphatic carbocycles. The standard InChI is InChI=1S/C19H21NO/c1-19(2,17-11-7-4-8-12-17)15-20-18(21)14-13-16-9-5-3-6-10-16/h3-14H,15H2,1-2H3,(H,20,21)/b14-13+. The number of hydrogen-bond donors (Lipinski definition) is 1. The molecule has 0 saturated carbocycles. The third-order valence-corrected chi connectivity index (χ3v) is 3.49. The van der Waals surface area contributed by atoms with Gasteiger partial charge in [0, 0.05) is 18.0 Å². The number of hydrogen-bond acceptors (Lipinski definition) is 1. The average molecular weight is 279 g/mol. The van der Waals surface area contributed by atoms with Crippen LogP contribution >= 0.6 is 0 Å². The van der Waals surface area contributed by atoms with Crippen molar-refractivity contribution in [1.29, 1.82) is 0 Å². The maximum Gasteiger partial charge on any atom is 0.244 e. The van der Waals surface area contributed by atoms with Gasteiger partial charge in [-0.3, -0.25) is 4.79 Å². The fourth-order valence-corrected chi connectivity index (χ4v) is 2.09. The lowest BCUT2D eigenvalue weighted by Crippen LogP contribution is -2.35. The molecule has 2 nitrogen and oxygen atoms in total. The smallest absolute Gasteiger partial charge is 0.244 e. The number of benzene rings is 2. The van der Waals surface area contributed by atoms with Crippen LogP contribution in [0.2, 0.25) is 0 Å². The molecule has 0 atom stereocenters. The van der Waals surface area contributed by atoms with E-state index in [2.05, 4.69) is 31.3 Å². The number of carbonyl (C=O) groups excluding carboxylic acids is 1. The average Bonchev–Trinajstić information content (AvgIpc) is 2.53. The second-order valence-electron chi connectivity index (χ2n) is 5.71. The molecule has 0 spiro atoms. The number of carbonyl (C=O) groups is 1. The van der Waals surface area contributed by atoms with Gasteiger partial charge in [0.2, 0.25) is 5.91 Å². The first-order valence-corrected chi connectivity index (χ1v) is 7.14. The Kier molecular flexibility index (Phi) is 4.94. The van der Waals surface area contributed by atoms with Crippen molar-refractivity contribution in [3.8, 4) is 0 Å². The van der Waals surface area contributed by atoms with Crippen molar-refractivity contribution in [3.63, 3.8) is 0 Å².